The Labute approximate surface area is 435 Å². The first-order valence-electron chi connectivity index (χ1n) is 25.4. The van der Waals surface area contributed by atoms with Gasteiger partial charge in [0.1, 0.15) is 0 Å². The van der Waals surface area contributed by atoms with Crippen LogP contribution in [0.3, 0.4) is 0 Å². The Morgan fingerprint density at radius 3 is 0.878 bits per heavy atom. The molecule has 74 heavy (non-hydrogen) atoms. The average Bonchev–Trinajstić information content (AvgIpc) is 3.86. The SMILES string of the molecule is c1ccc(-c2ccc(-c3ccc(N(c4ccc(-c5ccc(-c6ccc7sc8ccccc8c7c6)cc5)cc4)c4ccc(-c5ccc(-c6ccc7c8ccccc8c8ccccc8c7c6)cc5)cc4)cc3)cc2)cc1. The van der Waals surface area contributed by atoms with E-state index in [4.69, 9.17) is 0 Å². The van der Waals surface area contributed by atoms with Crippen LogP contribution in [0, 0.1) is 0 Å². The molecule has 0 saturated heterocycles. The molecule has 0 bridgehead atoms. The Morgan fingerprint density at radius 2 is 0.446 bits per heavy atom. The molecule has 1 heterocycles. The molecule has 0 spiro atoms. The molecule has 2 heteroatoms. The van der Waals surface area contributed by atoms with E-state index in [1.807, 2.05) is 11.3 Å². The summed E-state index contributed by atoms with van der Waals surface area (Å²) in [4.78, 5) is 2.36. The fourth-order valence-corrected chi connectivity index (χ4v) is 12.1. The highest BCUT2D eigenvalue weighted by Gasteiger charge is 2.16. The number of anilines is 3. The molecule has 0 radical (unpaired) electrons. The molecule has 0 aliphatic carbocycles. The molecule has 0 atom stereocenters. The maximum Gasteiger partial charge on any atom is 0.0462 e. The molecule has 1 nitrogen and oxygen atoms in total. The molecule has 14 rings (SSSR count). The molecule has 1 aromatic heterocycles. The lowest BCUT2D eigenvalue weighted by molar-refractivity contribution is 1.28. The highest BCUT2D eigenvalue weighted by Crippen LogP contribution is 2.41. The average molecular weight is 958 g/mol. The third-order valence-corrected chi connectivity index (χ3v) is 16.1. The number of hydrogen-bond donors (Lipinski definition) is 0. The van der Waals surface area contributed by atoms with Crippen LogP contribution in [0.15, 0.2) is 285 Å². The van der Waals surface area contributed by atoms with Crippen molar-refractivity contribution in [3.8, 4) is 66.8 Å². The van der Waals surface area contributed by atoms with Gasteiger partial charge in [-0.05, 0) is 160 Å². The molecule has 346 valence electrons. The normalized spacial score (nSPS) is 11.5. The van der Waals surface area contributed by atoms with E-state index in [-0.39, 0.29) is 0 Å². The van der Waals surface area contributed by atoms with Gasteiger partial charge in [-0.1, -0.05) is 224 Å². The largest absolute Gasteiger partial charge is 0.311 e. The molecule has 0 aliphatic heterocycles. The van der Waals surface area contributed by atoms with Gasteiger partial charge in [0.2, 0.25) is 0 Å². The van der Waals surface area contributed by atoms with Gasteiger partial charge in [0.15, 0.2) is 0 Å². The van der Waals surface area contributed by atoms with Crippen LogP contribution in [0.5, 0.6) is 0 Å². The second-order valence-electron chi connectivity index (χ2n) is 19.2. The van der Waals surface area contributed by atoms with Crippen LogP contribution in [0.25, 0.3) is 119 Å². The minimum atomic E-state index is 1.09. The van der Waals surface area contributed by atoms with Gasteiger partial charge in [0.05, 0.1) is 0 Å². The molecule has 14 aromatic rings. The van der Waals surface area contributed by atoms with Crippen molar-refractivity contribution in [3.05, 3.63) is 285 Å². The van der Waals surface area contributed by atoms with Crippen LogP contribution in [0.4, 0.5) is 17.1 Å². The quantitative estimate of drug-likeness (QED) is 0.130. The molecule has 0 fully saturated rings. The highest BCUT2D eigenvalue weighted by atomic mass is 32.1. The van der Waals surface area contributed by atoms with Crippen LogP contribution in [0.1, 0.15) is 0 Å². The monoisotopic (exact) mass is 957 g/mol. The molecule has 0 saturated carbocycles. The van der Waals surface area contributed by atoms with Gasteiger partial charge >= 0.3 is 0 Å². The van der Waals surface area contributed by atoms with Crippen molar-refractivity contribution in [3.63, 3.8) is 0 Å². The predicted octanol–water partition coefficient (Wildman–Crippen LogP) is 21.0. The predicted molar refractivity (Wildman–Crippen MR) is 319 cm³/mol. The number of hydrogen-bond acceptors (Lipinski definition) is 2. The summed E-state index contributed by atoms with van der Waals surface area (Å²) in [5.74, 6) is 0. The third-order valence-electron chi connectivity index (χ3n) is 14.9. The summed E-state index contributed by atoms with van der Waals surface area (Å²) in [5.41, 5.74) is 17.7. The topological polar surface area (TPSA) is 3.24 Å². The van der Waals surface area contributed by atoms with Crippen LogP contribution in [0.2, 0.25) is 0 Å². The van der Waals surface area contributed by atoms with E-state index in [1.165, 1.54) is 119 Å². The molecule has 0 unspecified atom stereocenters. The second kappa shape index (κ2) is 18.4. The highest BCUT2D eigenvalue weighted by molar-refractivity contribution is 7.25. The van der Waals surface area contributed by atoms with Gasteiger partial charge < -0.3 is 4.90 Å². The fraction of sp³-hybridized carbons (Fsp3) is 0. The van der Waals surface area contributed by atoms with Gasteiger partial charge in [-0.25, -0.2) is 0 Å². The lowest BCUT2D eigenvalue weighted by Crippen LogP contribution is -2.09. The minimum absolute atomic E-state index is 1.09. The zero-order valence-electron chi connectivity index (χ0n) is 40.5. The summed E-state index contributed by atoms with van der Waals surface area (Å²) in [6, 6.07) is 105. The molecular weight excluding hydrogens is 911 g/mol. The molecular formula is C72H47NS. The summed E-state index contributed by atoms with van der Waals surface area (Å²) in [6.07, 6.45) is 0. The number of benzene rings is 13. The van der Waals surface area contributed by atoms with Crippen molar-refractivity contribution in [1.82, 2.24) is 0 Å². The molecule has 13 aromatic carbocycles. The first kappa shape index (κ1) is 43.4. The Morgan fingerprint density at radius 1 is 0.176 bits per heavy atom. The van der Waals surface area contributed by atoms with Crippen molar-refractivity contribution in [2.75, 3.05) is 4.90 Å². The van der Waals surface area contributed by atoms with Gasteiger partial charge in [0.25, 0.3) is 0 Å². The first-order valence-corrected chi connectivity index (χ1v) is 26.2. The van der Waals surface area contributed by atoms with E-state index in [9.17, 15) is 0 Å². The van der Waals surface area contributed by atoms with E-state index in [0.717, 1.165) is 17.1 Å². The van der Waals surface area contributed by atoms with E-state index in [0.29, 0.717) is 0 Å². The lowest BCUT2D eigenvalue weighted by atomic mass is 9.92. The van der Waals surface area contributed by atoms with Gasteiger partial charge in [-0.2, -0.15) is 0 Å². The molecule has 0 N–H and O–H groups in total. The molecule has 0 aliphatic rings. The van der Waals surface area contributed by atoms with Crippen molar-refractivity contribution in [2.45, 2.75) is 0 Å². The Hall–Kier alpha value is -9.34. The summed E-state index contributed by atoms with van der Waals surface area (Å²) in [5, 5.41) is 10.4. The minimum Gasteiger partial charge on any atom is -0.311 e. The zero-order chi connectivity index (χ0) is 49.0. The van der Waals surface area contributed by atoms with E-state index in [2.05, 4.69) is 290 Å². The lowest BCUT2D eigenvalue weighted by Gasteiger charge is -2.26. The maximum absolute atomic E-state index is 2.37. The van der Waals surface area contributed by atoms with Crippen molar-refractivity contribution >= 4 is 80.9 Å². The standard InChI is InChI=1S/C72H47NS/c1-2-10-48(11-3-1)49-18-20-50(21-19-49)53-30-38-60(39-31-53)73(62-42-34-55(35-43-62)52-24-28-57(29-25-52)59-37-45-72-70(47-59)68-16-8-9-17-71(68)74-72)61-40-32-54(33-41-61)51-22-26-56(27-23-51)58-36-44-67-65-14-5-4-12-63(65)64-13-6-7-15-66(64)69(67)46-58/h1-47H. The van der Waals surface area contributed by atoms with Crippen LogP contribution < -0.4 is 4.90 Å². The Kier molecular flexibility index (Phi) is 10.8. The van der Waals surface area contributed by atoms with E-state index in [1.54, 1.807) is 0 Å². The number of fused-ring (bicyclic) bond motifs is 9. The third kappa shape index (κ3) is 7.90. The smallest absolute Gasteiger partial charge is 0.0462 e. The first-order chi connectivity index (χ1) is 36.6. The number of rotatable bonds is 9. The Balaban J connectivity index is 0.762. The van der Waals surface area contributed by atoms with E-state index < -0.39 is 0 Å². The fourth-order valence-electron chi connectivity index (χ4n) is 11.0. The summed E-state index contributed by atoms with van der Waals surface area (Å²) < 4.78 is 2.66. The van der Waals surface area contributed by atoms with Crippen molar-refractivity contribution < 1.29 is 0 Å². The van der Waals surface area contributed by atoms with Gasteiger partial charge in [-0.3, -0.25) is 0 Å². The van der Waals surface area contributed by atoms with Gasteiger partial charge in [0, 0.05) is 37.2 Å². The van der Waals surface area contributed by atoms with Crippen molar-refractivity contribution in [1.29, 1.82) is 0 Å². The zero-order valence-corrected chi connectivity index (χ0v) is 41.3. The summed E-state index contributed by atoms with van der Waals surface area (Å²) in [6.45, 7) is 0. The summed E-state index contributed by atoms with van der Waals surface area (Å²) >= 11 is 1.86. The molecule has 0 amide bonds. The number of thiophene rings is 1. The van der Waals surface area contributed by atoms with Crippen LogP contribution in [-0.4, -0.2) is 0 Å². The van der Waals surface area contributed by atoms with Crippen LogP contribution in [-0.2, 0) is 0 Å². The van der Waals surface area contributed by atoms with Crippen LogP contribution >= 0.6 is 11.3 Å². The number of nitrogens with zero attached hydrogens (tertiary/aromatic N) is 1. The van der Waals surface area contributed by atoms with Crippen molar-refractivity contribution in [2.24, 2.45) is 0 Å². The summed E-state index contributed by atoms with van der Waals surface area (Å²) in [7, 11) is 0. The Bertz CT molecular complexity index is 4310. The van der Waals surface area contributed by atoms with E-state index >= 15 is 0 Å². The second-order valence-corrected chi connectivity index (χ2v) is 20.3. The van der Waals surface area contributed by atoms with Gasteiger partial charge in [-0.15, -0.1) is 11.3 Å². The maximum atomic E-state index is 2.37.